The maximum atomic E-state index is 13.9. The first-order valence-electron chi connectivity index (χ1n) is 10.8. The van der Waals surface area contributed by atoms with Crippen molar-refractivity contribution in [2.45, 2.75) is 57.7 Å². The molecule has 3 rings (SSSR count). The summed E-state index contributed by atoms with van der Waals surface area (Å²) in [5.41, 5.74) is 0.655. The number of ether oxygens (including phenoxy) is 1. The van der Waals surface area contributed by atoms with E-state index in [2.05, 4.69) is 5.32 Å². The van der Waals surface area contributed by atoms with Gasteiger partial charge < -0.3 is 15.0 Å². The SMILES string of the molecule is CC[C@@H](C(=O)NC1CCCC1)N(Cc1ccc(Cl)cc1Cl)C(=O)COc1ccccc1F. The Balaban J connectivity index is 1.80. The number of amides is 2. The Kier molecular flexibility index (Phi) is 8.76. The van der Waals surface area contributed by atoms with E-state index in [1.54, 1.807) is 30.3 Å². The van der Waals surface area contributed by atoms with Crippen molar-refractivity contribution in [1.29, 1.82) is 0 Å². The fourth-order valence-corrected chi connectivity index (χ4v) is 4.37. The topological polar surface area (TPSA) is 58.6 Å². The molecule has 2 amide bonds. The molecule has 0 saturated heterocycles. The van der Waals surface area contributed by atoms with Gasteiger partial charge in [0.1, 0.15) is 6.04 Å². The van der Waals surface area contributed by atoms with Crippen molar-refractivity contribution in [1.82, 2.24) is 10.2 Å². The number of nitrogens with one attached hydrogen (secondary N) is 1. The van der Waals surface area contributed by atoms with E-state index < -0.39 is 24.4 Å². The zero-order valence-electron chi connectivity index (χ0n) is 18.0. The molecule has 0 unspecified atom stereocenters. The van der Waals surface area contributed by atoms with Crippen molar-refractivity contribution in [2.75, 3.05) is 6.61 Å². The van der Waals surface area contributed by atoms with E-state index in [4.69, 9.17) is 27.9 Å². The van der Waals surface area contributed by atoms with Crippen LogP contribution in [-0.2, 0) is 16.1 Å². The zero-order chi connectivity index (χ0) is 23.1. The molecule has 8 heteroatoms. The Bertz CT molecular complexity index is 951. The maximum absolute atomic E-state index is 13.9. The molecule has 0 spiro atoms. The molecule has 0 radical (unpaired) electrons. The molecule has 2 aromatic rings. The summed E-state index contributed by atoms with van der Waals surface area (Å²) < 4.78 is 19.3. The zero-order valence-corrected chi connectivity index (χ0v) is 19.5. The lowest BCUT2D eigenvalue weighted by Crippen LogP contribution is -2.52. The third-order valence-corrected chi connectivity index (χ3v) is 6.22. The van der Waals surface area contributed by atoms with E-state index in [1.807, 2.05) is 6.92 Å². The van der Waals surface area contributed by atoms with Crippen LogP contribution in [0.5, 0.6) is 5.75 Å². The number of hydrogen-bond acceptors (Lipinski definition) is 3. The Morgan fingerprint density at radius 2 is 1.91 bits per heavy atom. The summed E-state index contributed by atoms with van der Waals surface area (Å²) in [7, 11) is 0. The number of para-hydroxylation sites is 1. The molecule has 2 aromatic carbocycles. The van der Waals surface area contributed by atoms with E-state index in [-0.39, 0.29) is 24.2 Å². The maximum Gasteiger partial charge on any atom is 0.261 e. The summed E-state index contributed by atoms with van der Waals surface area (Å²) in [5, 5.41) is 3.95. The highest BCUT2D eigenvalue weighted by atomic mass is 35.5. The Morgan fingerprint density at radius 1 is 1.19 bits per heavy atom. The summed E-state index contributed by atoms with van der Waals surface area (Å²) in [6.07, 6.45) is 4.46. The van der Waals surface area contributed by atoms with Gasteiger partial charge in [-0.05, 0) is 49.1 Å². The van der Waals surface area contributed by atoms with Crippen LogP contribution >= 0.6 is 23.2 Å². The monoisotopic (exact) mass is 480 g/mol. The van der Waals surface area contributed by atoms with Crippen LogP contribution < -0.4 is 10.1 Å². The number of benzene rings is 2. The second kappa shape index (κ2) is 11.5. The van der Waals surface area contributed by atoms with Crippen LogP contribution in [0.3, 0.4) is 0 Å². The first kappa shape index (κ1) is 24.3. The van der Waals surface area contributed by atoms with Crippen LogP contribution in [0.1, 0.15) is 44.6 Å². The van der Waals surface area contributed by atoms with Gasteiger partial charge in [-0.2, -0.15) is 0 Å². The molecule has 1 aliphatic rings. The number of rotatable bonds is 9. The molecule has 0 aromatic heterocycles. The molecule has 172 valence electrons. The van der Waals surface area contributed by atoms with Crippen molar-refractivity contribution in [3.63, 3.8) is 0 Å². The Morgan fingerprint density at radius 3 is 2.56 bits per heavy atom. The van der Waals surface area contributed by atoms with Gasteiger partial charge in [0.2, 0.25) is 5.91 Å². The predicted octanol–water partition coefficient (Wildman–Crippen LogP) is 5.38. The summed E-state index contributed by atoms with van der Waals surface area (Å²) in [6.45, 7) is 1.55. The van der Waals surface area contributed by atoms with Crippen molar-refractivity contribution in [2.24, 2.45) is 0 Å². The molecule has 0 heterocycles. The standard InChI is InChI=1S/C24H27Cl2FN2O3/c1-2-21(24(31)28-18-7-3-4-8-18)29(14-16-11-12-17(25)13-19(16)26)23(30)15-32-22-10-6-5-9-20(22)27/h5-6,9-13,18,21H,2-4,7-8,14-15H2,1H3,(H,28,31)/t21-/m0/s1. The van der Waals surface area contributed by atoms with Crippen LogP contribution in [0.25, 0.3) is 0 Å². The molecule has 0 bridgehead atoms. The second-order valence-corrected chi connectivity index (χ2v) is 8.73. The highest BCUT2D eigenvalue weighted by Gasteiger charge is 2.31. The molecule has 1 aliphatic carbocycles. The molecule has 1 saturated carbocycles. The lowest BCUT2D eigenvalue weighted by Gasteiger charge is -2.31. The van der Waals surface area contributed by atoms with Gasteiger partial charge in [0.25, 0.3) is 5.91 Å². The quantitative estimate of drug-likeness (QED) is 0.524. The average Bonchev–Trinajstić information content (AvgIpc) is 3.27. The highest BCUT2D eigenvalue weighted by molar-refractivity contribution is 6.35. The molecule has 32 heavy (non-hydrogen) atoms. The number of carbonyl (C=O) groups excluding carboxylic acids is 2. The van der Waals surface area contributed by atoms with E-state index in [9.17, 15) is 14.0 Å². The molecule has 0 aliphatic heterocycles. The minimum absolute atomic E-state index is 0.0196. The molecule has 1 fully saturated rings. The van der Waals surface area contributed by atoms with Gasteiger partial charge in [-0.25, -0.2) is 4.39 Å². The largest absolute Gasteiger partial charge is 0.481 e. The summed E-state index contributed by atoms with van der Waals surface area (Å²) >= 11 is 12.3. The van der Waals surface area contributed by atoms with Gasteiger partial charge in [-0.1, -0.05) is 61.2 Å². The van der Waals surface area contributed by atoms with E-state index in [1.165, 1.54) is 17.0 Å². The third-order valence-electron chi connectivity index (χ3n) is 5.63. The minimum Gasteiger partial charge on any atom is -0.481 e. The lowest BCUT2D eigenvalue weighted by atomic mass is 10.1. The van der Waals surface area contributed by atoms with E-state index in [0.29, 0.717) is 22.0 Å². The summed E-state index contributed by atoms with van der Waals surface area (Å²) in [5.74, 6) is -1.22. The lowest BCUT2D eigenvalue weighted by molar-refractivity contribution is -0.143. The van der Waals surface area contributed by atoms with Crippen LogP contribution in [0.15, 0.2) is 42.5 Å². The number of hydrogen-bond donors (Lipinski definition) is 1. The summed E-state index contributed by atoms with van der Waals surface area (Å²) in [6, 6.07) is 10.3. The summed E-state index contributed by atoms with van der Waals surface area (Å²) in [4.78, 5) is 27.7. The van der Waals surface area contributed by atoms with Crippen LogP contribution in [-0.4, -0.2) is 35.4 Å². The number of carbonyl (C=O) groups is 2. The van der Waals surface area contributed by atoms with Crippen LogP contribution in [0.2, 0.25) is 10.0 Å². The molecular formula is C24H27Cl2FN2O3. The van der Waals surface area contributed by atoms with Gasteiger partial charge >= 0.3 is 0 Å². The molecule has 5 nitrogen and oxygen atoms in total. The van der Waals surface area contributed by atoms with Crippen LogP contribution in [0, 0.1) is 5.82 Å². The third kappa shape index (κ3) is 6.36. The molecular weight excluding hydrogens is 454 g/mol. The predicted molar refractivity (Wildman–Crippen MR) is 123 cm³/mol. The first-order chi connectivity index (χ1) is 15.4. The van der Waals surface area contributed by atoms with Crippen molar-refractivity contribution < 1.29 is 18.7 Å². The minimum atomic E-state index is -0.709. The Labute approximate surface area is 197 Å². The molecule has 1 atom stereocenters. The fourth-order valence-electron chi connectivity index (χ4n) is 3.90. The highest BCUT2D eigenvalue weighted by Crippen LogP contribution is 2.25. The smallest absolute Gasteiger partial charge is 0.261 e. The van der Waals surface area contributed by atoms with Gasteiger partial charge in [-0.3, -0.25) is 9.59 Å². The fraction of sp³-hybridized carbons (Fsp3) is 0.417. The van der Waals surface area contributed by atoms with Crippen molar-refractivity contribution in [3.05, 3.63) is 63.9 Å². The van der Waals surface area contributed by atoms with Crippen LogP contribution in [0.4, 0.5) is 4.39 Å². The van der Waals surface area contributed by atoms with Gasteiger partial charge in [0.15, 0.2) is 18.2 Å². The van der Waals surface area contributed by atoms with Crippen molar-refractivity contribution >= 4 is 35.0 Å². The molecule has 1 N–H and O–H groups in total. The van der Waals surface area contributed by atoms with Gasteiger partial charge in [-0.15, -0.1) is 0 Å². The normalized spacial score (nSPS) is 14.8. The van der Waals surface area contributed by atoms with Gasteiger partial charge in [0, 0.05) is 22.6 Å². The van der Waals surface area contributed by atoms with Crippen molar-refractivity contribution in [3.8, 4) is 5.75 Å². The average molecular weight is 481 g/mol. The van der Waals surface area contributed by atoms with Gasteiger partial charge in [0.05, 0.1) is 0 Å². The van der Waals surface area contributed by atoms with E-state index >= 15 is 0 Å². The number of nitrogens with zero attached hydrogens (tertiary/aromatic N) is 1. The second-order valence-electron chi connectivity index (χ2n) is 7.89. The number of halogens is 3. The first-order valence-corrected chi connectivity index (χ1v) is 11.6. The Hall–Kier alpha value is -2.31. The van der Waals surface area contributed by atoms with E-state index in [0.717, 1.165) is 25.7 Å².